The first-order valence-corrected chi connectivity index (χ1v) is 8.38. The number of aromatic nitrogens is 1. The minimum atomic E-state index is 0.959. The van der Waals surface area contributed by atoms with Gasteiger partial charge in [-0.1, -0.05) is 78.9 Å². The van der Waals surface area contributed by atoms with Crippen LogP contribution >= 0.6 is 0 Å². The predicted octanol–water partition coefficient (Wildman–Crippen LogP) is 6.30. The van der Waals surface area contributed by atoms with E-state index in [0.29, 0.717) is 0 Å². The van der Waals surface area contributed by atoms with E-state index in [0.717, 1.165) is 6.42 Å². The van der Waals surface area contributed by atoms with Gasteiger partial charge in [0.25, 0.3) is 0 Å². The quantitative estimate of drug-likeness (QED) is 0.388. The number of fused-ring (bicyclic) bond motifs is 5. The van der Waals surface area contributed by atoms with Crippen molar-refractivity contribution in [3.8, 4) is 0 Å². The van der Waals surface area contributed by atoms with Crippen molar-refractivity contribution < 1.29 is 0 Å². The van der Waals surface area contributed by atoms with Gasteiger partial charge in [0.05, 0.1) is 11.0 Å². The number of para-hydroxylation sites is 1. The van der Waals surface area contributed by atoms with Gasteiger partial charge in [0, 0.05) is 21.9 Å². The second-order valence-electron chi connectivity index (χ2n) is 6.19. The molecule has 0 atom stereocenters. The van der Waals surface area contributed by atoms with Crippen LogP contribution < -0.4 is 0 Å². The summed E-state index contributed by atoms with van der Waals surface area (Å²) in [5.41, 5.74) is 3.80. The molecule has 0 fully saturated rings. The standard InChI is InChI=1S/C23H17N/c1-2-4-11-18(10-3-1)24-22-14-8-7-13-20(22)21-16-15-17-9-5-6-12-19(17)23(21)24/h1-3,5-16H,4H2. The van der Waals surface area contributed by atoms with Crippen LogP contribution in [0.15, 0.2) is 91.0 Å². The third kappa shape index (κ3) is 1.88. The minimum absolute atomic E-state index is 0.959. The van der Waals surface area contributed by atoms with Crippen LogP contribution in [0.2, 0.25) is 0 Å². The maximum atomic E-state index is 2.41. The Hall–Kier alpha value is -3.06. The van der Waals surface area contributed by atoms with Gasteiger partial charge < -0.3 is 4.57 Å². The Morgan fingerprint density at radius 1 is 0.708 bits per heavy atom. The van der Waals surface area contributed by atoms with E-state index in [9.17, 15) is 0 Å². The molecule has 3 aromatic carbocycles. The Kier molecular flexibility index (Phi) is 2.92. The zero-order valence-electron chi connectivity index (χ0n) is 13.3. The lowest BCUT2D eigenvalue weighted by atomic mass is 10.1. The lowest BCUT2D eigenvalue weighted by Gasteiger charge is -2.10. The van der Waals surface area contributed by atoms with Gasteiger partial charge in [-0.3, -0.25) is 0 Å². The first-order chi connectivity index (χ1) is 11.9. The van der Waals surface area contributed by atoms with E-state index in [-0.39, 0.29) is 0 Å². The maximum absolute atomic E-state index is 2.41. The Bertz CT molecular complexity index is 1170. The monoisotopic (exact) mass is 307 g/mol. The van der Waals surface area contributed by atoms with Crippen molar-refractivity contribution in [3.05, 3.63) is 91.0 Å². The SMILES string of the molecule is C1=CCC=C(n2c3ccccc3c3ccc4ccccc4c32)C=C1. The smallest absolute Gasteiger partial charge is 0.0619 e. The summed E-state index contributed by atoms with van der Waals surface area (Å²) in [5, 5.41) is 5.21. The van der Waals surface area contributed by atoms with Gasteiger partial charge in [-0.2, -0.15) is 0 Å². The van der Waals surface area contributed by atoms with Crippen LogP contribution in [0, 0.1) is 0 Å². The van der Waals surface area contributed by atoms with Gasteiger partial charge in [0.2, 0.25) is 0 Å². The van der Waals surface area contributed by atoms with Gasteiger partial charge in [0.15, 0.2) is 0 Å². The van der Waals surface area contributed by atoms with Crippen LogP contribution in [-0.4, -0.2) is 4.57 Å². The highest BCUT2D eigenvalue weighted by Crippen LogP contribution is 2.36. The molecule has 0 amide bonds. The molecule has 0 saturated heterocycles. The fourth-order valence-corrected chi connectivity index (χ4v) is 3.73. The average Bonchev–Trinajstić information content (AvgIpc) is 2.78. The summed E-state index contributed by atoms with van der Waals surface area (Å²) in [7, 11) is 0. The lowest BCUT2D eigenvalue weighted by molar-refractivity contribution is 1.22. The van der Waals surface area contributed by atoms with Crippen molar-refractivity contribution >= 4 is 38.3 Å². The van der Waals surface area contributed by atoms with E-state index in [4.69, 9.17) is 0 Å². The molecule has 1 heteroatoms. The topological polar surface area (TPSA) is 4.93 Å². The van der Waals surface area contributed by atoms with Crippen LogP contribution in [-0.2, 0) is 0 Å². The fourth-order valence-electron chi connectivity index (χ4n) is 3.73. The van der Waals surface area contributed by atoms with Crippen LogP contribution in [0.1, 0.15) is 6.42 Å². The minimum Gasteiger partial charge on any atom is -0.309 e. The Morgan fingerprint density at radius 3 is 2.50 bits per heavy atom. The number of rotatable bonds is 1. The summed E-state index contributed by atoms with van der Waals surface area (Å²) in [6.45, 7) is 0. The van der Waals surface area contributed by atoms with Crippen molar-refractivity contribution in [2.75, 3.05) is 0 Å². The molecule has 0 unspecified atom stereocenters. The van der Waals surface area contributed by atoms with Gasteiger partial charge in [0.1, 0.15) is 0 Å². The molecule has 1 nitrogen and oxygen atoms in total. The van der Waals surface area contributed by atoms with E-state index >= 15 is 0 Å². The van der Waals surface area contributed by atoms with Crippen molar-refractivity contribution in [2.45, 2.75) is 6.42 Å². The van der Waals surface area contributed by atoms with E-state index in [2.05, 4.69) is 95.6 Å². The number of nitrogens with zero attached hydrogens (tertiary/aromatic N) is 1. The van der Waals surface area contributed by atoms with E-state index in [1.807, 2.05) is 0 Å². The van der Waals surface area contributed by atoms with Crippen LogP contribution in [0.4, 0.5) is 0 Å². The van der Waals surface area contributed by atoms with Crippen LogP contribution in [0.5, 0.6) is 0 Å². The average molecular weight is 307 g/mol. The molecule has 4 aromatic rings. The Labute approximate surface area is 140 Å². The summed E-state index contributed by atoms with van der Waals surface area (Å²) >= 11 is 0. The lowest BCUT2D eigenvalue weighted by Crippen LogP contribution is -1.95. The third-order valence-electron chi connectivity index (χ3n) is 4.79. The molecule has 114 valence electrons. The second-order valence-corrected chi connectivity index (χ2v) is 6.19. The molecule has 0 aliphatic heterocycles. The van der Waals surface area contributed by atoms with Crippen LogP contribution in [0.3, 0.4) is 0 Å². The van der Waals surface area contributed by atoms with Crippen molar-refractivity contribution in [1.82, 2.24) is 4.57 Å². The molecule has 1 aliphatic rings. The first kappa shape index (κ1) is 13.4. The van der Waals surface area contributed by atoms with Gasteiger partial charge in [-0.25, -0.2) is 0 Å². The molecular formula is C23H17N. The Morgan fingerprint density at radius 2 is 1.54 bits per heavy atom. The fraction of sp³-hybridized carbons (Fsp3) is 0.0435. The molecule has 1 aromatic heterocycles. The summed E-state index contributed by atoms with van der Waals surface area (Å²) in [4.78, 5) is 0. The van der Waals surface area contributed by atoms with Crippen molar-refractivity contribution in [2.24, 2.45) is 0 Å². The highest BCUT2D eigenvalue weighted by Gasteiger charge is 2.14. The van der Waals surface area contributed by atoms with Crippen molar-refractivity contribution in [1.29, 1.82) is 0 Å². The molecule has 0 bridgehead atoms. The largest absolute Gasteiger partial charge is 0.309 e. The van der Waals surface area contributed by atoms with Gasteiger partial charge in [-0.15, -0.1) is 0 Å². The zero-order chi connectivity index (χ0) is 15.9. The summed E-state index contributed by atoms with van der Waals surface area (Å²) in [5.74, 6) is 0. The van der Waals surface area contributed by atoms with E-state index in [1.165, 1.54) is 38.3 Å². The molecule has 24 heavy (non-hydrogen) atoms. The molecular weight excluding hydrogens is 290 g/mol. The second kappa shape index (κ2) is 5.24. The first-order valence-electron chi connectivity index (χ1n) is 8.38. The zero-order valence-corrected chi connectivity index (χ0v) is 13.3. The van der Waals surface area contributed by atoms with Crippen LogP contribution in [0.25, 0.3) is 38.3 Å². The maximum Gasteiger partial charge on any atom is 0.0619 e. The number of benzene rings is 3. The molecule has 0 saturated carbocycles. The highest BCUT2D eigenvalue weighted by atomic mass is 15.0. The van der Waals surface area contributed by atoms with E-state index in [1.54, 1.807) is 0 Å². The summed E-state index contributed by atoms with van der Waals surface area (Å²) in [6, 6.07) is 21.8. The molecule has 0 radical (unpaired) electrons. The predicted molar refractivity (Wildman–Crippen MR) is 104 cm³/mol. The summed E-state index contributed by atoms with van der Waals surface area (Å²) in [6.07, 6.45) is 11.9. The van der Waals surface area contributed by atoms with Gasteiger partial charge in [-0.05, 0) is 23.9 Å². The Balaban J connectivity index is 2.02. The summed E-state index contributed by atoms with van der Waals surface area (Å²) < 4.78 is 2.41. The molecule has 1 aliphatic carbocycles. The molecule has 0 N–H and O–H groups in total. The highest BCUT2D eigenvalue weighted by molar-refractivity contribution is 6.19. The van der Waals surface area contributed by atoms with Crippen molar-refractivity contribution in [3.63, 3.8) is 0 Å². The molecule has 0 spiro atoms. The number of hydrogen-bond acceptors (Lipinski definition) is 0. The molecule has 5 rings (SSSR count). The third-order valence-corrected chi connectivity index (χ3v) is 4.79. The normalized spacial score (nSPS) is 14.4. The number of hydrogen-bond donors (Lipinski definition) is 0. The molecule has 1 heterocycles. The number of allylic oxidation sites excluding steroid dienone is 6. The van der Waals surface area contributed by atoms with E-state index < -0.39 is 0 Å². The van der Waals surface area contributed by atoms with Gasteiger partial charge >= 0.3 is 0 Å².